The third-order valence-corrected chi connectivity index (χ3v) is 6.69. The van der Waals surface area contributed by atoms with E-state index >= 15 is 0 Å². The van der Waals surface area contributed by atoms with Crippen LogP contribution in [0.3, 0.4) is 0 Å². The molecular formula is C25H21NO2S. The predicted molar refractivity (Wildman–Crippen MR) is 116 cm³/mol. The summed E-state index contributed by atoms with van der Waals surface area (Å²) >= 11 is 0. The van der Waals surface area contributed by atoms with E-state index in [1.165, 1.54) is 0 Å². The molecule has 0 atom stereocenters. The van der Waals surface area contributed by atoms with Crippen molar-refractivity contribution in [3.63, 3.8) is 0 Å². The van der Waals surface area contributed by atoms with Crippen LogP contribution in [-0.4, -0.2) is 13.4 Å². The number of hydrogen-bond donors (Lipinski definition) is 0. The highest BCUT2D eigenvalue weighted by Gasteiger charge is 2.24. The second-order valence-corrected chi connectivity index (χ2v) is 8.84. The van der Waals surface area contributed by atoms with Crippen LogP contribution >= 0.6 is 0 Å². The molecule has 0 aliphatic rings. The maximum atomic E-state index is 13.5. The maximum Gasteiger partial charge on any atom is 0.208 e. The summed E-state index contributed by atoms with van der Waals surface area (Å²) in [5.41, 5.74) is 4.14. The van der Waals surface area contributed by atoms with Crippen molar-refractivity contribution in [3.05, 3.63) is 114 Å². The molecule has 3 nitrogen and oxygen atoms in total. The van der Waals surface area contributed by atoms with Gasteiger partial charge in [0, 0.05) is 11.3 Å². The molecule has 0 fully saturated rings. The zero-order valence-electron chi connectivity index (χ0n) is 16.1. The van der Waals surface area contributed by atoms with E-state index < -0.39 is 9.84 Å². The molecule has 1 aromatic heterocycles. The monoisotopic (exact) mass is 399 g/mol. The molecule has 4 aromatic rings. The first-order valence-electron chi connectivity index (χ1n) is 9.46. The van der Waals surface area contributed by atoms with Crippen LogP contribution in [0.4, 0.5) is 0 Å². The lowest BCUT2D eigenvalue weighted by molar-refractivity contribution is 0.596. The van der Waals surface area contributed by atoms with Crippen LogP contribution in [0.25, 0.3) is 11.3 Å². The summed E-state index contributed by atoms with van der Waals surface area (Å²) in [6.45, 7) is 1.93. The van der Waals surface area contributed by atoms with Crippen LogP contribution in [0.1, 0.15) is 16.8 Å². The SMILES string of the molecule is Cc1nc(-c2ccccc2)c(S(=O)(=O)c2ccccc2)cc1Cc1ccccc1. The highest BCUT2D eigenvalue weighted by atomic mass is 32.2. The summed E-state index contributed by atoms with van der Waals surface area (Å²) in [5.74, 6) is 0. The Labute approximate surface area is 171 Å². The lowest BCUT2D eigenvalue weighted by atomic mass is 10.0. The van der Waals surface area contributed by atoms with E-state index in [-0.39, 0.29) is 9.79 Å². The molecule has 1 heterocycles. The molecule has 0 radical (unpaired) electrons. The zero-order chi connectivity index (χ0) is 20.3. The van der Waals surface area contributed by atoms with Gasteiger partial charge < -0.3 is 0 Å². The molecule has 0 bridgehead atoms. The number of pyridine rings is 1. The number of sulfone groups is 1. The Kier molecular flexibility index (Phi) is 5.28. The Balaban J connectivity index is 1.92. The molecule has 4 rings (SSSR count). The van der Waals surface area contributed by atoms with Gasteiger partial charge in [-0.05, 0) is 42.7 Å². The van der Waals surface area contributed by atoms with Crippen LogP contribution in [0.5, 0.6) is 0 Å². The van der Waals surface area contributed by atoms with Crippen LogP contribution in [-0.2, 0) is 16.3 Å². The van der Waals surface area contributed by atoms with Crippen molar-refractivity contribution in [2.24, 2.45) is 0 Å². The van der Waals surface area contributed by atoms with Gasteiger partial charge in [0.2, 0.25) is 9.84 Å². The van der Waals surface area contributed by atoms with Gasteiger partial charge in [-0.25, -0.2) is 8.42 Å². The summed E-state index contributed by atoms with van der Waals surface area (Å²) < 4.78 is 27.0. The minimum Gasteiger partial charge on any atom is -0.251 e. The summed E-state index contributed by atoms with van der Waals surface area (Å²) in [6, 6.07) is 29.8. The Morgan fingerprint density at radius 3 is 1.93 bits per heavy atom. The quantitative estimate of drug-likeness (QED) is 0.446. The fourth-order valence-corrected chi connectivity index (χ4v) is 4.84. The lowest BCUT2D eigenvalue weighted by Crippen LogP contribution is -2.08. The largest absolute Gasteiger partial charge is 0.251 e. The van der Waals surface area contributed by atoms with Gasteiger partial charge in [-0.15, -0.1) is 0 Å². The van der Waals surface area contributed by atoms with Gasteiger partial charge in [0.1, 0.15) is 0 Å². The van der Waals surface area contributed by atoms with Crippen LogP contribution in [0.15, 0.2) is 107 Å². The van der Waals surface area contributed by atoms with Gasteiger partial charge in [-0.1, -0.05) is 78.9 Å². The molecule has 0 aliphatic carbocycles. The number of benzene rings is 3. The lowest BCUT2D eigenvalue weighted by Gasteiger charge is -2.15. The molecule has 3 aromatic carbocycles. The van der Waals surface area contributed by atoms with Crippen molar-refractivity contribution in [3.8, 4) is 11.3 Å². The van der Waals surface area contributed by atoms with E-state index in [1.54, 1.807) is 30.3 Å². The third-order valence-electron chi connectivity index (χ3n) is 4.91. The first-order valence-corrected chi connectivity index (χ1v) is 10.9. The minimum atomic E-state index is -3.71. The molecule has 0 N–H and O–H groups in total. The van der Waals surface area contributed by atoms with E-state index in [1.807, 2.05) is 73.7 Å². The molecule has 0 unspecified atom stereocenters. The van der Waals surface area contributed by atoms with Crippen LogP contribution < -0.4 is 0 Å². The van der Waals surface area contributed by atoms with Gasteiger partial charge in [0.05, 0.1) is 15.5 Å². The average molecular weight is 400 g/mol. The molecule has 0 saturated carbocycles. The highest BCUT2D eigenvalue weighted by Crippen LogP contribution is 2.32. The van der Waals surface area contributed by atoms with Gasteiger partial charge in [-0.2, -0.15) is 0 Å². The molecule has 144 valence electrons. The predicted octanol–water partition coefficient (Wildman–Crippen LogP) is 5.48. The number of rotatable bonds is 5. The molecule has 29 heavy (non-hydrogen) atoms. The summed E-state index contributed by atoms with van der Waals surface area (Å²) in [5, 5.41) is 0. The third kappa shape index (κ3) is 3.98. The van der Waals surface area contributed by atoms with Crippen molar-refractivity contribution in [1.82, 2.24) is 4.98 Å². The Morgan fingerprint density at radius 2 is 1.31 bits per heavy atom. The Morgan fingerprint density at radius 1 is 0.759 bits per heavy atom. The van der Waals surface area contributed by atoms with Crippen molar-refractivity contribution in [1.29, 1.82) is 0 Å². The fraction of sp³-hybridized carbons (Fsp3) is 0.0800. The van der Waals surface area contributed by atoms with Crippen LogP contribution in [0.2, 0.25) is 0 Å². The molecule has 4 heteroatoms. The minimum absolute atomic E-state index is 0.242. The normalized spacial score (nSPS) is 11.3. The maximum absolute atomic E-state index is 13.5. The number of aromatic nitrogens is 1. The van der Waals surface area contributed by atoms with Crippen molar-refractivity contribution < 1.29 is 8.42 Å². The second kappa shape index (κ2) is 8.02. The molecule has 0 saturated heterocycles. The van der Waals surface area contributed by atoms with E-state index in [0.29, 0.717) is 12.1 Å². The van der Waals surface area contributed by atoms with E-state index in [2.05, 4.69) is 0 Å². The number of nitrogens with zero attached hydrogens (tertiary/aromatic N) is 1. The standard InChI is InChI=1S/C25H21NO2S/c1-19-22(17-20-11-5-2-6-12-20)18-24(25(26-19)21-13-7-3-8-14-21)29(27,28)23-15-9-4-10-16-23/h2-16,18H,17H2,1H3. The van der Waals surface area contributed by atoms with E-state index in [9.17, 15) is 8.42 Å². The molecule has 0 aliphatic heterocycles. The summed E-state index contributed by atoms with van der Waals surface area (Å²) in [4.78, 5) is 5.27. The van der Waals surface area contributed by atoms with Gasteiger partial charge in [0.25, 0.3) is 0 Å². The Hall–Kier alpha value is -3.24. The Bertz CT molecular complexity index is 1220. The van der Waals surface area contributed by atoms with Gasteiger partial charge >= 0.3 is 0 Å². The number of hydrogen-bond acceptors (Lipinski definition) is 3. The first kappa shape index (κ1) is 19.1. The topological polar surface area (TPSA) is 47.0 Å². The fourth-order valence-electron chi connectivity index (χ4n) is 3.35. The van der Waals surface area contributed by atoms with E-state index in [0.717, 1.165) is 22.4 Å². The second-order valence-electron chi connectivity index (χ2n) is 6.92. The molecule has 0 spiro atoms. The first-order chi connectivity index (χ1) is 14.1. The highest BCUT2D eigenvalue weighted by molar-refractivity contribution is 7.91. The number of aryl methyl sites for hydroxylation is 1. The molecule has 0 amide bonds. The summed E-state index contributed by atoms with van der Waals surface area (Å²) in [6.07, 6.45) is 0.631. The average Bonchev–Trinajstić information content (AvgIpc) is 2.77. The smallest absolute Gasteiger partial charge is 0.208 e. The molecular weight excluding hydrogens is 378 g/mol. The van der Waals surface area contributed by atoms with Crippen molar-refractivity contribution in [2.75, 3.05) is 0 Å². The van der Waals surface area contributed by atoms with Gasteiger partial charge in [0.15, 0.2) is 0 Å². The van der Waals surface area contributed by atoms with Crippen LogP contribution in [0, 0.1) is 6.92 Å². The van der Waals surface area contributed by atoms with E-state index in [4.69, 9.17) is 4.98 Å². The van der Waals surface area contributed by atoms with Crippen molar-refractivity contribution >= 4 is 9.84 Å². The van der Waals surface area contributed by atoms with Crippen molar-refractivity contribution in [2.45, 2.75) is 23.1 Å². The van der Waals surface area contributed by atoms with Gasteiger partial charge in [-0.3, -0.25) is 4.98 Å². The summed E-state index contributed by atoms with van der Waals surface area (Å²) in [7, 11) is -3.71. The zero-order valence-corrected chi connectivity index (χ0v) is 16.9.